The fraction of sp³-hybridized carbons (Fsp3) is 0.0909. The van der Waals surface area contributed by atoms with E-state index < -0.39 is 7.12 Å². The zero-order valence-electron chi connectivity index (χ0n) is 8.54. The maximum Gasteiger partial charge on any atom is 0.488 e. The fourth-order valence-electron chi connectivity index (χ4n) is 1.34. The highest BCUT2D eigenvalue weighted by atomic mass is 32.1. The lowest BCUT2D eigenvalue weighted by molar-refractivity contribution is 0.316. The third-order valence-electron chi connectivity index (χ3n) is 2.13. The standard InChI is InChI=1S/C11H11BO3S/c13-12(14)10-4-1-3-9(7-10)8-15-11-5-2-6-16-11/h1-7,13-14H,8H2. The third-order valence-corrected chi connectivity index (χ3v) is 2.90. The third kappa shape index (κ3) is 2.85. The summed E-state index contributed by atoms with van der Waals surface area (Å²) in [6, 6.07) is 10.9. The van der Waals surface area contributed by atoms with E-state index in [1.807, 2.05) is 23.6 Å². The molecule has 0 unspecified atom stereocenters. The summed E-state index contributed by atoms with van der Waals surface area (Å²) >= 11 is 1.53. The molecule has 0 aliphatic heterocycles. The molecule has 0 aliphatic rings. The van der Waals surface area contributed by atoms with Crippen molar-refractivity contribution in [3.63, 3.8) is 0 Å². The van der Waals surface area contributed by atoms with Gasteiger partial charge in [-0.1, -0.05) is 24.3 Å². The summed E-state index contributed by atoms with van der Waals surface area (Å²) in [5.41, 5.74) is 1.39. The van der Waals surface area contributed by atoms with Gasteiger partial charge in [-0.25, -0.2) is 0 Å². The van der Waals surface area contributed by atoms with E-state index in [0.29, 0.717) is 12.1 Å². The molecule has 0 aliphatic carbocycles. The minimum absolute atomic E-state index is 0.432. The van der Waals surface area contributed by atoms with Crippen molar-refractivity contribution in [3.05, 3.63) is 47.3 Å². The maximum absolute atomic E-state index is 9.02. The van der Waals surface area contributed by atoms with Crippen LogP contribution in [0, 0.1) is 0 Å². The molecular weight excluding hydrogens is 223 g/mol. The van der Waals surface area contributed by atoms with Gasteiger partial charge in [-0.15, -0.1) is 11.3 Å². The highest BCUT2D eigenvalue weighted by Crippen LogP contribution is 2.19. The first-order chi connectivity index (χ1) is 7.75. The van der Waals surface area contributed by atoms with E-state index in [0.717, 1.165) is 10.6 Å². The van der Waals surface area contributed by atoms with Crippen molar-refractivity contribution in [1.82, 2.24) is 0 Å². The highest BCUT2D eigenvalue weighted by Gasteiger charge is 2.10. The van der Waals surface area contributed by atoms with Gasteiger partial charge in [-0.3, -0.25) is 0 Å². The highest BCUT2D eigenvalue weighted by molar-refractivity contribution is 7.11. The summed E-state index contributed by atoms with van der Waals surface area (Å²) in [5, 5.41) is 20.8. The van der Waals surface area contributed by atoms with Gasteiger partial charge in [-0.2, -0.15) is 0 Å². The normalized spacial score (nSPS) is 10.1. The van der Waals surface area contributed by atoms with Gasteiger partial charge >= 0.3 is 7.12 Å². The number of hydrogen-bond donors (Lipinski definition) is 2. The Morgan fingerprint density at radius 3 is 2.75 bits per heavy atom. The van der Waals surface area contributed by atoms with Crippen LogP contribution in [0.15, 0.2) is 41.8 Å². The summed E-state index contributed by atoms with van der Waals surface area (Å²) in [6.45, 7) is 0.432. The lowest BCUT2D eigenvalue weighted by atomic mass is 9.80. The van der Waals surface area contributed by atoms with Crippen molar-refractivity contribution in [1.29, 1.82) is 0 Å². The molecule has 0 bridgehead atoms. The Bertz CT molecular complexity index is 442. The monoisotopic (exact) mass is 234 g/mol. The summed E-state index contributed by atoms with van der Waals surface area (Å²) in [5.74, 6) is 0. The average molecular weight is 234 g/mol. The molecule has 0 amide bonds. The van der Waals surface area contributed by atoms with Crippen molar-refractivity contribution in [2.75, 3.05) is 0 Å². The Morgan fingerprint density at radius 2 is 2.06 bits per heavy atom. The molecule has 0 saturated carbocycles. The Balaban J connectivity index is 2.01. The summed E-state index contributed by atoms with van der Waals surface area (Å²) < 4.78 is 5.52. The molecule has 3 nitrogen and oxygen atoms in total. The first-order valence-electron chi connectivity index (χ1n) is 4.87. The first kappa shape index (κ1) is 11.2. The van der Waals surface area contributed by atoms with Crippen LogP contribution >= 0.6 is 11.3 Å². The molecule has 5 heteroatoms. The van der Waals surface area contributed by atoms with Gasteiger partial charge in [0.2, 0.25) is 0 Å². The largest absolute Gasteiger partial charge is 0.488 e. The lowest BCUT2D eigenvalue weighted by Gasteiger charge is -2.05. The second-order valence-electron chi connectivity index (χ2n) is 3.34. The summed E-state index contributed by atoms with van der Waals surface area (Å²) in [6.07, 6.45) is 0. The smallest absolute Gasteiger partial charge is 0.479 e. The van der Waals surface area contributed by atoms with Crippen molar-refractivity contribution < 1.29 is 14.8 Å². The molecule has 1 heterocycles. The van der Waals surface area contributed by atoms with Crippen LogP contribution in [0.3, 0.4) is 0 Å². The van der Waals surface area contributed by atoms with Gasteiger partial charge in [0.1, 0.15) is 6.61 Å². The molecular formula is C11H11BO3S. The number of rotatable bonds is 4. The molecule has 0 atom stereocenters. The molecule has 0 radical (unpaired) electrons. The van der Waals surface area contributed by atoms with Crippen LogP contribution in [0.2, 0.25) is 0 Å². The SMILES string of the molecule is OB(O)c1cccc(COc2cccs2)c1. The molecule has 2 rings (SSSR count). The zero-order valence-corrected chi connectivity index (χ0v) is 9.35. The second kappa shape index (κ2) is 5.16. The van der Waals surface area contributed by atoms with Gasteiger partial charge in [0, 0.05) is 0 Å². The predicted molar refractivity (Wildman–Crippen MR) is 64.9 cm³/mol. The molecule has 1 aromatic carbocycles. The van der Waals surface area contributed by atoms with Gasteiger partial charge in [0.25, 0.3) is 0 Å². The zero-order chi connectivity index (χ0) is 11.4. The summed E-state index contributed by atoms with van der Waals surface area (Å²) in [7, 11) is -1.43. The van der Waals surface area contributed by atoms with E-state index in [2.05, 4.69) is 0 Å². The maximum atomic E-state index is 9.02. The van der Waals surface area contributed by atoms with E-state index in [9.17, 15) is 0 Å². The van der Waals surface area contributed by atoms with E-state index in [-0.39, 0.29) is 0 Å². The molecule has 0 saturated heterocycles. The molecule has 2 N–H and O–H groups in total. The van der Waals surface area contributed by atoms with Gasteiger partial charge in [-0.05, 0) is 28.5 Å². The van der Waals surface area contributed by atoms with Crippen LogP contribution < -0.4 is 10.2 Å². The minimum Gasteiger partial charge on any atom is -0.479 e. The van der Waals surface area contributed by atoms with Crippen LogP contribution in [-0.4, -0.2) is 17.2 Å². The fourth-order valence-corrected chi connectivity index (χ4v) is 1.92. The second-order valence-corrected chi connectivity index (χ2v) is 4.25. The Hall–Kier alpha value is -1.30. The van der Waals surface area contributed by atoms with Crippen molar-refractivity contribution in [2.24, 2.45) is 0 Å². The molecule has 82 valence electrons. The number of benzene rings is 1. The number of thiophene rings is 1. The Morgan fingerprint density at radius 1 is 1.19 bits per heavy atom. The van der Waals surface area contributed by atoms with Crippen molar-refractivity contribution in [3.8, 4) is 5.06 Å². The van der Waals surface area contributed by atoms with E-state index >= 15 is 0 Å². The van der Waals surface area contributed by atoms with Crippen LogP contribution in [0.5, 0.6) is 5.06 Å². The van der Waals surface area contributed by atoms with E-state index in [4.69, 9.17) is 14.8 Å². The van der Waals surface area contributed by atoms with Crippen LogP contribution in [0.25, 0.3) is 0 Å². The molecule has 1 aromatic heterocycles. The Kier molecular flexibility index (Phi) is 3.61. The molecule has 0 fully saturated rings. The van der Waals surface area contributed by atoms with E-state index in [1.54, 1.807) is 18.2 Å². The molecule has 2 aromatic rings. The minimum atomic E-state index is -1.43. The van der Waals surface area contributed by atoms with Gasteiger partial charge in [0.15, 0.2) is 5.06 Å². The average Bonchev–Trinajstić information content (AvgIpc) is 2.79. The van der Waals surface area contributed by atoms with Crippen LogP contribution in [0.1, 0.15) is 5.56 Å². The van der Waals surface area contributed by atoms with E-state index in [1.165, 1.54) is 11.3 Å². The Labute approximate surface area is 98.1 Å². The number of ether oxygens (including phenoxy) is 1. The molecule has 16 heavy (non-hydrogen) atoms. The van der Waals surface area contributed by atoms with Crippen LogP contribution in [0.4, 0.5) is 0 Å². The predicted octanol–water partition coefficient (Wildman–Crippen LogP) is 1.01. The van der Waals surface area contributed by atoms with Crippen molar-refractivity contribution >= 4 is 23.9 Å². The topological polar surface area (TPSA) is 49.7 Å². The first-order valence-corrected chi connectivity index (χ1v) is 5.75. The lowest BCUT2D eigenvalue weighted by Crippen LogP contribution is -2.29. The van der Waals surface area contributed by atoms with Crippen LogP contribution in [-0.2, 0) is 6.61 Å². The number of hydrogen-bond acceptors (Lipinski definition) is 4. The van der Waals surface area contributed by atoms with Crippen molar-refractivity contribution in [2.45, 2.75) is 6.61 Å². The molecule has 0 spiro atoms. The van der Waals surface area contributed by atoms with Gasteiger partial charge < -0.3 is 14.8 Å². The quantitative estimate of drug-likeness (QED) is 0.776. The van der Waals surface area contributed by atoms with Gasteiger partial charge in [0.05, 0.1) is 0 Å². The summed E-state index contributed by atoms with van der Waals surface area (Å²) in [4.78, 5) is 0.